The zero-order valence-electron chi connectivity index (χ0n) is 14.8. The molecule has 1 fully saturated rings. The Morgan fingerprint density at radius 1 is 1.04 bits per heavy atom. The summed E-state index contributed by atoms with van der Waals surface area (Å²) in [5, 5.41) is 0. The monoisotopic (exact) mass is 343 g/mol. The van der Waals surface area contributed by atoms with Gasteiger partial charge in [0.2, 0.25) is 0 Å². The van der Waals surface area contributed by atoms with Crippen molar-refractivity contribution in [3.63, 3.8) is 0 Å². The van der Waals surface area contributed by atoms with E-state index >= 15 is 0 Å². The Bertz CT molecular complexity index is 841. The molecule has 1 aliphatic rings. The third-order valence-corrected chi connectivity index (χ3v) is 4.69. The predicted octanol–water partition coefficient (Wildman–Crippen LogP) is 1.89. The summed E-state index contributed by atoms with van der Waals surface area (Å²) in [4.78, 5) is 28.2. The average molecular weight is 343 g/mol. The van der Waals surface area contributed by atoms with Gasteiger partial charge in [-0.3, -0.25) is 9.59 Å². The first-order valence-corrected chi connectivity index (χ1v) is 8.32. The molecule has 1 amide bonds. The van der Waals surface area contributed by atoms with Crippen LogP contribution in [-0.2, 0) is 7.05 Å². The number of aromatic nitrogens is 1. The first-order chi connectivity index (χ1) is 11.9. The van der Waals surface area contributed by atoms with Gasteiger partial charge in [0, 0.05) is 45.0 Å². The maximum Gasteiger partial charge on any atom is 0.256 e. The quantitative estimate of drug-likeness (QED) is 0.836. The second-order valence-electron chi connectivity index (χ2n) is 6.62. The number of amides is 1. The molecule has 2 aromatic rings. The third-order valence-electron chi connectivity index (χ3n) is 4.69. The van der Waals surface area contributed by atoms with Gasteiger partial charge >= 0.3 is 0 Å². The number of hydrogen-bond acceptors (Lipinski definition) is 3. The van der Waals surface area contributed by atoms with E-state index in [0.29, 0.717) is 24.2 Å². The molecule has 2 heterocycles. The van der Waals surface area contributed by atoms with Crippen molar-refractivity contribution in [3.05, 3.63) is 57.8 Å². The lowest BCUT2D eigenvalue weighted by atomic mass is 10.0. The van der Waals surface area contributed by atoms with Crippen molar-refractivity contribution in [2.45, 2.75) is 6.92 Å². The molecule has 0 saturated carbocycles. The Morgan fingerprint density at radius 3 is 2.32 bits per heavy atom. The lowest BCUT2D eigenvalue weighted by Gasteiger charge is -2.32. The number of benzene rings is 1. The van der Waals surface area contributed by atoms with Crippen molar-refractivity contribution in [3.8, 4) is 11.1 Å². The predicted molar refractivity (Wildman–Crippen MR) is 95.2 cm³/mol. The van der Waals surface area contributed by atoms with E-state index in [4.69, 9.17) is 0 Å². The molecule has 25 heavy (non-hydrogen) atoms. The van der Waals surface area contributed by atoms with Crippen LogP contribution in [0.5, 0.6) is 0 Å². The van der Waals surface area contributed by atoms with Crippen molar-refractivity contribution < 1.29 is 9.18 Å². The molecule has 0 bridgehead atoms. The van der Waals surface area contributed by atoms with Crippen molar-refractivity contribution >= 4 is 5.91 Å². The van der Waals surface area contributed by atoms with E-state index in [1.54, 1.807) is 37.2 Å². The summed E-state index contributed by atoms with van der Waals surface area (Å²) in [7, 11) is 3.67. The van der Waals surface area contributed by atoms with Crippen LogP contribution in [0.15, 0.2) is 35.3 Å². The van der Waals surface area contributed by atoms with E-state index in [9.17, 15) is 14.0 Å². The molecule has 1 aliphatic heterocycles. The number of pyridine rings is 1. The second-order valence-corrected chi connectivity index (χ2v) is 6.62. The van der Waals surface area contributed by atoms with Gasteiger partial charge in [-0.1, -0.05) is 6.07 Å². The van der Waals surface area contributed by atoms with Crippen LogP contribution in [-0.4, -0.2) is 53.5 Å². The number of aryl methyl sites for hydroxylation is 2. The van der Waals surface area contributed by atoms with E-state index in [-0.39, 0.29) is 17.0 Å². The minimum atomic E-state index is -0.534. The molecule has 1 aromatic heterocycles. The molecule has 0 atom stereocenters. The number of halogens is 1. The molecular weight excluding hydrogens is 321 g/mol. The fourth-order valence-electron chi connectivity index (χ4n) is 3.08. The molecule has 0 aliphatic carbocycles. The van der Waals surface area contributed by atoms with E-state index in [2.05, 4.69) is 4.90 Å². The van der Waals surface area contributed by atoms with E-state index in [0.717, 1.165) is 18.7 Å². The fourth-order valence-corrected chi connectivity index (χ4v) is 3.08. The number of likely N-dealkylation sites (N-methyl/N-ethyl adjacent to an activating group) is 1. The summed E-state index contributed by atoms with van der Waals surface area (Å²) in [5.41, 5.74) is 2.00. The van der Waals surface area contributed by atoms with Gasteiger partial charge in [-0.2, -0.15) is 0 Å². The van der Waals surface area contributed by atoms with Crippen LogP contribution >= 0.6 is 0 Å². The summed E-state index contributed by atoms with van der Waals surface area (Å²) in [6, 6.07) is 6.36. The molecule has 3 rings (SSSR count). The molecule has 0 N–H and O–H groups in total. The van der Waals surface area contributed by atoms with E-state index in [1.807, 2.05) is 7.05 Å². The summed E-state index contributed by atoms with van der Waals surface area (Å²) in [6.07, 6.45) is 1.67. The molecule has 6 heteroatoms. The summed E-state index contributed by atoms with van der Waals surface area (Å²) >= 11 is 0. The lowest BCUT2D eigenvalue weighted by molar-refractivity contribution is 0.0659. The van der Waals surface area contributed by atoms with Gasteiger partial charge in [0.1, 0.15) is 5.82 Å². The van der Waals surface area contributed by atoms with Crippen molar-refractivity contribution in [2.24, 2.45) is 7.05 Å². The van der Waals surface area contributed by atoms with Crippen LogP contribution in [0.1, 0.15) is 15.9 Å². The smallest absolute Gasteiger partial charge is 0.256 e. The molecule has 1 aromatic carbocycles. The Morgan fingerprint density at radius 2 is 1.72 bits per heavy atom. The van der Waals surface area contributed by atoms with Crippen LogP contribution in [0.25, 0.3) is 11.1 Å². The first kappa shape index (κ1) is 17.4. The molecule has 1 saturated heterocycles. The van der Waals surface area contributed by atoms with Gasteiger partial charge in [0.15, 0.2) is 0 Å². The number of hydrogen-bond donors (Lipinski definition) is 0. The largest absolute Gasteiger partial charge is 0.336 e. The minimum absolute atomic E-state index is 0.0777. The average Bonchev–Trinajstić information content (AvgIpc) is 2.59. The number of carbonyl (C=O) groups excluding carboxylic acids is 1. The van der Waals surface area contributed by atoms with Gasteiger partial charge in [0.05, 0.1) is 5.56 Å². The molecular formula is C19H22FN3O2. The zero-order chi connectivity index (χ0) is 18.1. The molecule has 5 nitrogen and oxygen atoms in total. The van der Waals surface area contributed by atoms with Crippen LogP contribution in [0.4, 0.5) is 4.39 Å². The zero-order valence-corrected chi connectivity index (χ0v) is 14.8. The molecule has 0 spiro atoms. The third kappa shape index (κ3) is 3.49. The van der Waals surface area contributed by atoms with E-state index in [1.165, 1.54) is 16.7 Å². The van der Waals surface area contributed by atoms with Gasteiger partial charge in [-0.05, 0) is 43.3 Å². The maximum absolute atomic E-state index is 14.6. The van der Waals surface area contributed by atoms with Crippen LogP contribution < -0.4 is 5.56 Å². The number of carbonyl (C=O) groups is 1. The standard InChI is InChI=1S/C19H22FN3O2/c1-13-10-15(12-22(3)18(13)24)14-4-5-16(17(20)11-14)19(25)23-8-6-21(2)7-9-23/h4-5,10-12H,6-9H2,1-3H3. The van der Waals surface area contributed by atoms with Gasteiger partial charge in [-0.15, -0.1) is 0 Å². The highest BCUT2D eigenvalue weighted by Crippen LogP contribution is 2.23. The highest BCUT2D eigenvalue weighted by Gasteiger charge is 2.23. The number of rotatable bonds is 2. The second kappa shape index (κ2) is 6.80. The SMILES string of the molecule is Cc1cc(-c2ccc(C(=O)N3CCN(C)CC3)c(F)c2)cn(C)c1=O. The van der Waals surface area contributed by atoms with Gasteiger partial charge in [-0.25, -0.2) is 4.39 Å². The Balaban J connectivity index is 1.88. The topological polar surface area (TPSA) is 45.6 Å². The van der Waals surface area contributed by atoms with Gasteiger partial charge in [0.25, 0.3) is 11.5 Å². The van der Waals surface area contributed by atoms with Crippen LogP contribution in [0, 0.1) is 12.7 Å². The maximum atomic E-state index is 14.6. The van der Waals surface area contributed by atoms with Gasteiger partial charge < -0.3 is 14.4 Å². The van der Waals surface area contributed by atoms with Crippen molar-refractivity contribution in [2.75, 3.05) is 33.2 Å². The van der Waals surface area contributed by atoms with E-state index < -0.39 is 5.82 Å². The summed E-state index contributed by atoms with van der Waals surface area (Å²) < 4.78 is 16.0. The Labute approximate surface area is 146 Å². The Kier molecular flexibility index (Phi) is 4.72. The molecule has 0 unspecified atom stereocenters. The Hall–Kier alpha value is -2.47. The highest BCUT2D eigenvalue weighted by molar-refractivity contribution is 5.95. The first-order valence-electron chi connectivity index (χ1n) is 8.32. The number of nitrogens with zero attached hydrogens (tertiary/aromatic N) is 3. The summed E-state index contributed by atoms with van der Waals surface area (Å²) in [5.74, 6) is -0.804. The number of piperazine rings is 1. The summed E-state index contributed by atoms with van der Waals surface area (Å²) in [6.45, 7) is 4.53. The fraction of sp³-hybridized carbons (Fsp3) is 0.368. The minimum Gasteiger partial charge on any atom is -0.336 e. The van der Waals surface area contributed by atoms with Crippen molar-refractivity contribution in [1.29, 1.82) is 0 Å². The lowest BCUT2D eigenvalue weighted by Crippen LogP contribution is -2.47. The van der Waals surface area contributed by atoms with Crippen molar-refractivity contribution in [1.82, 2.24) is 14.4 Å². The van der Waals surface area contributed by atoms with Crippen LogP contribution in [0.3, 0.4) is 0 Å². The highest BCUT2D eigenvalue weighted by atomic mass is 19.1. The van der Waals surface area contributed by atoms with Crippen LogP contribution in [0.2, 0.25) is 0 Å². The normalized spacial score (nSPS) is 15.4. The molecule has 132 valence electrons. The molecule has 0 radical (unpaired) electrons.